The Morgan fingerprint density at radius 1 is 1.38 bits per heavy atom. The van der Waals surface area contributed by atoms with Crippen molar-refractivity contribution in [3.8, 4) is 0 Å². The van der Waals surface area contributed by atoms with Crippen LogP contribution >= 0.6 is 38.5 Å². The van der Waals surface area contributed by atoms with Gasteiger partial charge in [-0.05, 0) is 62.8 Å². The lowest BCUT2D eigenvalue weighted by atomic mass is 10.1. The van der Waals surface area contributed by atoms with Crippen molar-refractivity contribution in [1.82, 2.24) is 0 Å². The average Bonchev–Trinajstić information content (AvgIpc) is 2.16. The maximum Gasteiger partial charge on any atom is 0.238 e. The van der Waals surface area contributed by atoms with Gasteiger partial charge in [0.1, 0.15) is 5.82 Å². The van der Waals surface area contributed by atoms with Crippen LogP contribution in [0.4, 0.5) is 4.39 Å². The van der Waals surface area contributed by atoms with Crippen LogP contribution in [-0.2, 0) is 9.84 Å². The van der Waals surface area contributed by atoms with Crippen LogP contribution in [0.2, 0.25) is 0 Å². The van der Waals surface area contributed by atoms with Gasteiger partial charge in [-0.1, -0.05) is 0 Å². The summed E-state index contributed by atoms with van der Waals surface area (Å²) in [6.45, 7) is 0. The molecule has 0 saturated carbocycles. The van der Waals surface area contributed by atoms with Gasteiger partial charge in [-0.3, -0.25) is 4.79 Å². The van der Waals surface area contributed by atoms with Crippen LogP contribution in [0.25, 0.3) is 0 Å². The monoisotopic (exact) mass is 420 g/mol. The van der Waals surface area contributed by atoms with Gasteiger partial charge in [0.2, 0.25) is 7.45 Å². The summed E-state index contributed by atoms with van der Waals surface area (Å²) < 4.78 is 33.7. The Hall–Kier alpha value is -0.0200. The molecule has 0 N–H and O–H groups in total. The van der Waals surface area contributed by atoms with Gasteiger partial charge >= 0.3 is 0 Å². The van der Waals surface area contributed by atoms with E-state index in [-0.39, 0.29) is 5.56 Å². The normalized spacial score (nSPS) is 15.5. The predicted molar refractivity (Wildman–Crippen MR) is 71.3 cm³/mol. The summed E-state index contributed by atoms with van der Waals surface area (Å²) in [6.07, 6.45) is 0.954. The first-order chi connectivity index (χ1) is 7.16. The zero-order valence-corrected chi connectivity index (χ0v) is 12.6. The maximum atomic E-state index is 12.6. The second kappa shape index (κ2) is 4.69. The van der Waals surface area contributed by atoms with Crippen LogP contribution in [0.15, 0.2) is 24.3 Å². The van der Waals surface area contributed by atoms with E-state index in [1.165, 1.54) is 34.7 Å². The first-order valence-corrected chi connectivity index (χ1v) is 7.80. The highest BCUT2D eigenvalue weighted by molar-refractivity contribution is 14.1. The number of ketones is 1. The highest BCUT2D eigenvalue weighted by atomic mass is 127. The molecule has 88 valence electrons. The average molecular weight is 421 g/mol. The van der Waals surface area contributed by atoms with Gasteiger partial charge in [-0.2, -0.15) is 0 Å². The molecule has 0 spiro atoms. The fourth-order valence-corrected chi connectivity index (χ4v) is 1.93. The minimum atomic E-state index is -3.60. The number of halogens is 3. The van der Waals surface area contributed by atoms with E-state index >= 15 is 0 Å². The second-order valence-electron chi connectivity index (χ2n) is 3.12. The van der Waals surface area contributed by atoms with Crippen LogP contribution < -0.4 is 0 Å². The van der Waals surface area contributed by atoms with E-state index in [1.807, 2.05) is 0 Å². The summed E-state index contributed by atoms with van der Waals surface area (Å²) in [7, 11) is -3.60. The van der Waals surface area contributed by atoms with Crippen LogP contribution in [0.5, 0.6) is 0 Å². The number of rotatable bonds is 3. The van der Waals surface area contributed by atoms with Crippen molar-refractivity contribution in [3.05, 3.63) is 35.6 Å². The molecular weight excluding hydrogens is 414 g/mol. The molecule has 0 amide bonds. The van der Waals surface area contributed by atoms with Gasteiger partial charge in [-0.25, -0.2) is 12.8 Å². The number of carbonyl (C=O) groups excluding carboxylic acids is 1. The molecule has 3 nitrogen and oxygen atoms in total. The summed E-state index contributed by atoms with van der Waals surface area (Å²) in [5.41, 5.74) is 0.137. The zero-order chi connectivity index (χ0) is 12.6. The Labute approximate surface area is 115 Å². The molecule has 0 saturated heterocycles. The molecule has 0 aliphatic carbocycles. The second-order valence-corrected chi connectivity index (χ2v) is 10.8. The van der Waals surface area contributed by atoms with Crippen LogP contribution in [0.3, 0.4) is 0 Å². The van der Waals surface area contributed by atoms with Crippen molar-refractivity contribution in [2.24, 2.45) is 0 Å². The van der Waals surface area contributed by atoms with E-state index in [1.54, 1.807) is 0 Å². The Bertz CT molecular complexity index is 510. The van der Waals surface area contributed by atoms with Gasteiger partial charge in [-0.15, -0.1) is 0 Å². The molecular formula is C9H7BrFIO3S. The van der Waals surface area contributed by atoms with E-state index in [0.29, 0.717) is 0 Å². The number of alkyl halides is 2. The molecule has 7 heteroatoms. The SMILES string of the molecule is CS(=O)(=O)C(Br)(I)C(=O)c1ccc(F)cc1. The van der Waals surface area contributed by atoms with E-state index in [2.05, 4.69) is 15.9 Å². The number of benzene rings is 1. The summed E-state index contributed by atoms with van der Waals surface area (Å²) in [5.74, 6) is -1.11. The van der Waals surface area contributed by atoms with Crippen molar-refractivity contribution in [3.63, 3.8) is 0 Å². The summed E-state index contributed by atoms with van der Waals surface area (Å²) in [5, 5.41) is 0. The molecule has 1 atom stereocenters. The molecule has 1 aromatic carbocycles. The predicted octanol–water partition coefficient (Wildman–Crippen LogP) is 2.54. The van der Waals surface area contributed by atoms with Gasteiger partial charge in [0.15, 0.2) is 9.84 Å². The quantitative estimate of drug-likeness (QED) is 0.429. The molecule has 1 aromatic rings. The van der Waals surface area contributed by atoms with Crippen molar-refractivity contribution < 1.29 is 17.6 Å². The van der Waals surface area contributed by atoms with Gasteiger partial charge in [0.25, 0.3) is 0 Å². The number of hydrogen-bond acceptors (Lipinski definition) is 3. The summed E-state index contributed by atoms with van der Waals surface area (Å²) in [4.78, 5) is 11.9. The molecule has 0 radical (unpaired) electrons. The minimum Gasteiger partial charge on any atom is -0.290 e. The van der Waals surface area contributed by atoms with E-state index in [4.69, 9.17) is 0 Å². The molecule has 0 aliphatic heterocycles. The van der Waals surface area contributed by atoms with Crippen LogP contribution in [0, 0.1) is 5.82 Å². The summed E-state index contributed by atoms with van der Waals surface area (Å²) >= 11 is 4.38. The van der Waals surface area contributed by atoms with Gasteiger partial charge < -0.3 is 0 Å². The highest BCUT2D eigenvalue weighted by Crippen LogP contribution is 2.36. The molecule has 16 heavy (non-hydrogen) atoms. The molecule has 0 heterocycles. The Balaban J connectivity index is 3.18. The van der Waals surface area contributed by atoms with Crippen molar-refractivity contribution >= 4 is 54.1 Å². The van der Waals surface area contributed by atoms with Crippen LogP contribution in [0.1, 0.15) is 10.4 Å². The fourth-order valence-electron chi connectivity index (χ4n) is 0.938. The fraction of sp³-hybridized carbons (Fsp3) is 0.222. The molecule has 0 fully saturated rings. The van der Waals surface area contributed by atoms with Crippen molar-refractivity contribution in [2.45, 2.75) is 1.66 Å². The topological polar surface area (TPSA) is 51.2 Å². The standard InChI is InChI=1S/C9H7BrFIO3S/c1-16(14,15)9(10,12)8(13)6-2-4-7(11)5-3-6/h2-5H,1H3. The first-order valence-electron chi connectivity index (χ1n) is 4.04. The molecule has 0 aliphatic rings. The molecule has 0 bridgehead atoms. The maximum absolute atomic E-state index is 12.6. The lowest BCUT2D eigenvalue weighted by Crippen LogP contribution is -2.33. The number of sulfone groups is 1. The van der Waals surface area contributed by atoms with Gasteiger partial charge in [0.05, 0.1) is 0 Å². The summed E-state index contributed by atoms with van der Waals surface area (Å²) in [6, 6.07) is 4.71. The minimum absolute atomic E-state index is 0.137. The van der Waals surface area contributed by atoms with Crippen molar-refractivity contribution in [1.29, 1.82) is 0 Å². The lowest BCUT2D eigenvalue weighted by Gasteiger charge is -2.16. The third-order valence-electron chi connectivity index (χ3n) is 1.84. The molecule has 1 rings (SSSR count). The zero-order valence-electron chi connectivity index (χ0n) is 8.08. The van der Waals surface area contributed by atoms with Crippen LogP contribution in [-0.4, -0.2) is 22.1 Å². The lowest BCUT2D eigenvalue weighted by molar-refractivity contribution is 0.101. The molecule has 1 unspecified atom stereocenters. The van der Waals surface area contributed by atoms with Gasteiger partial charge in [0, 0.05) is 11.8 Å². The number of Topliss-reactive ketones (excluding diaryl/α,β-unsaturated/α-hetero) is 1. The largest absolute Gasteiger partial charge is 0.290 e. The van der Waals surface area contributed by atoms with E-state index in [9.17, 15) is 17.6 Å². The van der Waals surface area contributed by atoms with Crippen molar-refractivity contribution in [2.75, 3.05) is 6.26 Å². The highest BCUT2D eigenvalue weighted by Gasteiger charge is 2.43. The van der Waals surface area contributed by atoms with E-state index < -0.39 is 23.1 Å². The van der Waals surface area contributed by atoms with E-state index in [0.717, 1.165) is 18.4 Å². The smallest absolute Gasteiger partial charge is 0.238 e. The Morgan fingerprint density at radius 3 is 2.19 bits per heavy atom. The Kier molecular flexibility index (Phi) is 4.12. The number of carbonyl (C=O) groups is 1. The first kappa shape index (κ1) is 14.0. The third-order valence-corrected chi connectivity index (χ3v) is 7.97. The Morgan fingerprint density at radius 2 is 1.81 bits per heavy atom. The number of hydrogen-bond donors (Lipinski definition) is 0. The molecule has 0 aromatic heterocycles. The third kappa shape index (κ3) is 2.80.